The molecule has 156 valence electrons. The molecular formula is C23H29Cl2N3O. The maximum Gasteiger partial charge on any atom is 0.119 e. The minimum atomic E-state index is 0.320. The lowest BCUT2D eigenvalue weighted by atomic mass is 10.1. The van der Waals surface area contributed by atoms with E-state index in [-0.39, 0.29) is 0 Å². The van der Waals surface area contributed by atoms with Gasteiger partial charge in [0, 0.05) is 34.3 Å². The molecule has 0 aliphatic rings. The smallest absolute Gasteiger partial charge is 0.119 e. The highest BCUT2D eigenvalue weighted by Gasteiger charge is 2.13. The lowest BCUT2D eigenvalue weighted by Gasteiger charge is -2.22. The third-order valence-corrected chi connectivity index (χ3v) is 5.70. The standard InChI is InChI=1S/C23H29Cl2N3O/c1-4-28(13-11-24)12-5-6-16(2)26-23-19-9-7-17(25)14-22(19)27-21-10-8-18(29-3)15-20(21)23/h7-10,14-16H,4-6,11-13H2,1-3H3,(H,26,27). The topological polar surface area (TPSA) is 37.4 Å². The van der Waals surface area contributed by atoms with E-state index in [0.29, 0.717) is 16.9 Å². The maximum atomic E-state index is 6.22. The summed E-state index contributed by atoms with van der Waals surface area (Å²) in [5, 5.41) is 6.56. The molecule has 0 aliphatic carbocycles. The fourth-order valence-electron chi connectivity index (χ4n) is 3.67. The van der Waals surface area contributed by atoms with Crippen molar-refractivity contribution in [2.75, 3.05) is 37.9 Å². The molecule has 6 heteroatoms. The summed E-state index contributed by atoms with van der Waals surface area (Å²) < 4.78 is 5.45. The number of hydrogen-bond acceptors (Lipinski definition) is 4. The predicted molar refractivity (Wildman–Crippen MR) is 126 cm³/mol. The molecule has 1 heterocycles. The van der Waals surface area contributed by atoms with Gasteiger partial charge in [-0.1, -0.05) is 18.5 Å². The number of pyridine rings is 1. The number of anilines is 1. The molecule has 3 rings (SSSR count). The minimum Gasteiger partial charge on any atom is -0.497 e. The average molecular weight is 434 g/mol. The molecule has 3 aromatic rings. The summed E-state index contributed by atoms with van der Waals surface area (Å²) in [7, 11) is 1.69. The van der Waals surface area contributed by atoms with Gasteiger partial charge in [0.1, 0.15) is 5.75 Å². The van der Waals surface area contributed by atoms with E-state index in [0.717, 1.165) is 65.7 Å². The van der Waals surface area contributed by atoms with Crippen LogP contribution >= 0.6 is 23.2 Å². The Kier molecular flexibility index (Phi) is 7.82. The van der Waals surface area contributed by atoms with Crippen molar-refractivity contribution in [2.24, 2.45) is 0 Å². The van der Waals surface area contributed by atoms with Gasteiger partial charge in [0.15, 0.2) is 0 Å². The number of nitrogens with one attached hydrogen (secondary N) is 1. The normalized spacial score (nSPS) is 12.6. The molecule has 0 bridgehead atoms. The first-order valence-electron chi connectivity index (χ1n) is 10.2. The number of rotatable bonds is 10. The Bertz CT molecular complexity index is 964. The van der Waals surface area contributed by atoms with Crippen LogP contribution in [0.2, 0.25) is 5.02 Å². The molecule has 0 radical (unpaired) electrons. The Morgan fingerprint density at radius 3 is 2.66 bits per heavy atom. The average Bonchev–Trinajstić information content (AvgIpc) is 2.72. The van der Waals surface area contributed by atoms with E-state index in [9.17, 15) is 0 Å². The fourth-order valence-corrected chi connectivity index (χ4v) is 4.07. The third-order valence-electron chi connectivity index (χ3n) is 5.29. The molecule has 1 N–H and O–H groups in total. The fraction of sp³-hybridized carbons (Fsp3) is 0.435. The quantitative estimate of drug-likeness (QED) is 0.305. The Morgan fingerprint density at radius 2 is 1.93 bits per heavy atom. The van der Waals surface area contributed by atoms with Crippen LogP contribution in [-0.4, -0.2) is 48.5 Å². The lowest BCUT2D eigenvalue weighted by molar-refractivity contribution is 0.296. The predicted octanol–water partition coefficient (Wildman–Crippen LogP) is 6.19. The molecule has 1 aromatic heterocycles. The molecule has 0 aliphatic heterocycles. The van der Waals surface area contributed by atoms with Gasteiger partial charge in [-0.25, -0.2) is 4.98 Å². The van der Waals surface area contributed by atoms with Gasteiger partial charge in [-0.05, 0) is 69.3 Å². The molecule has 0 spiro atoms. The summed E-state index contributed by atoms with van der Waals surface area (Å²) in [6.07, 6.45) is 2.19. The Labute approximate surface area is 183 Å². The molecule has 1 atom stereocenters. The summed E-state index contributed by atoms with van der Waals surface area (Å²) in [6, 6.07) is 12.2. The van der Waals surface area contributed by atoms with E-state index in [4.69, 9.17) is 32.9 Å². The molecule has 29 heavy (non-hydrogen) atoms. The highest BCUT2D eigenvalue weighted by molar-refractivity contribution is 6.31. The van der Waals surface area contributed by atoms with Crippen LogP contribution in [0.25, 0.3) is 21.8 Å². The summed E-state index contributed by atoms with van der Waals surface area (Å²) >= 11 is 12.1. The van der Waals surface area contributed by atoms with Crippen molar-refractivity contribution < 1.29 is 4.74 Å². The Hall–Kier alpha value is -1.75. The van der Waals surface area contributed by atoms with Crippen LogP contribution < -0.4 is 10.1 Å². The van der Waals surface area contributed by atoms with Crippen LogP contribution in [0.15, 0.2) is 36.4 Å². The number of alkyl halides is 1. The van der Waals surface area contributed by atoms with Crippen molar-refractivity contribution in [3.05, 3.63) is 41.4 Å². The van der Waals surface area contributed by atoms with Crippen molar-refractivity contribution in [3.63, 3.8) is 0 Å². The summed E-state index contributed by atoms with van der Waals surface area (Å²) in [6.45, 7) is 7.46. The van der Waals surface area contributed by atoms with Crippen molar-refractivity contribution >= 4 is 50.7 Å². The number of benzene rings is 2. The number of methoxy groups -OCH3 is 1. The van der Waals surface area contributed by atoms with Gasteiger partial charge in [0.05, 0.1) is 23.8 Å². The number of hydrogen-bond donors (Lipinski definition) is 1. The second kappa shape index (κ2) is 10.3. The van der Waals surface area contributed by atoms with Crippen LogP contribution in [0.4, 0.5) is 5.69 Å². The summed E-state index contributed by atoms with van der Waals surface area (Å²) in [5.41, 5.74) is 2.90. The second-order valence-corrected chi connectivity index (χ2v) is 8.16. The highest BCUT2D eigenvalue weighted by atomic mass is 35.5. The maximum absolute atomic E-state index is 6.22. The molecule has 0 saturated carbocycles. The van der Waals surface area contributed by atoms with E-state index in [1.807, 2.05) is 36.4 Å². The first kappa shape index (κ1) is 21.9. The van der Waals surface area contributed by atoms with Gasteiger partial charge in [-0.3, -0.25) is 0 Å². The van der Waals surface area contributed by atoms with Gasteiger partial charge in [0.2, 0.25) is 0 Å². The zero-order valence-corrected chi connectivity index (χ0v) is 18.9. The zero-order chi connectivity index (χ0) is 20.8. The first-order valence-corrected chi connectivity index (χ1v) is 11.1. The van der Waals surface area contributed by atoms with Gasteiger partial charge in [-0.2, -0.15) is 0 Å². The minimum absolute atomic E-state index is 0.320. The van der Waals surface area contributed by atoms with Crippen molar-refractivity contribution in [2.45, 2.75) is 32.7 Å². The number of aromatic nitrogens is 1. The van der Waals surface area contributed by atoms with Crippen LogP contribution in [0, 0.1) is 0 Å². The van der Waals surface area contributed by atoms with Crippen LogP contribution in [0.3, 0.4) is 0 Å². The first-order chi connectivity index (χ1) is 14.0. The third kappa shape index (κ3) is 5.44. The van der Waals surface area contributed by atoms with Gasteiger partial charge < -0.3 is 15.0 Å². The number of halogens is 2. The van der Waals surface area contributed by atoms with Crippen LogP contribution in [0.1, 0.15) is 26.7 Å². The Balaban J connectivity index is 1.87. The molecule has 2 aromatic carbocycles. The van der Waals surface area contributed by atoms with Gasteiger partial charge >= 0.3 is 0 Å². The van der Waals surface area contributed by atoms with E-state index in [1.165, 1.54) is 0 Å². The van der Waals surface area contributed by atoms with Crippen molar-refractivity contribution in [1.82, 2.24) is 9.88 Å². The zero-order valence-electron chi connectivity index (χ0n) is 17.3. The van der Waals surface area contributed by atoms with Crippen molar-refractivity contribution in [1.29, 1.82) is 0 Å². The van der Waals surface area contributed by atoms with E-state index in [1.54, 1.807) is 7.11 Å². The SMILES string of the molecule is CCN(CCCl)CCCC(C)Nc1c2ccc(Cl)cc2nc2ccc(OC)cc12. The van der Waals surface area contributed by atoms with Gasteiger partial charge in [0.25, 0.3) is 0 Å². The molecule has 0 saturated heterocycles. The highest BCUT2D eigenvalue weighted by Crippen LogP contribution is 2.34. The monoisotopic (exact) mass is 433 g/mol. The van der Waals surface area contributed by atoms with Gasteiger partial charge in [-0.15, -0.1) is 11.6 Å². The van der Waals surface area contributed by atoms with E-state index < -0.39 is 0 Å². The number of nitrogens with zero attached hydrogens (tertiary/aromatic N) is 2. The summed E-state index contributed by atoms with van der Waals surface area (Å²) in [4.78, 5) is 7.19. The molecule has 4 nitrogen and oxygen atoms in total. The molecule has 1 unspecified atom stereocenters. The van der Waals surface area contributed by atoms with Crippen molar-refractivity contribution in [3.8, 4) is 5.75 Å². The summed E-state index contributed by atoms with van der Waals surface area (Å²) in [5.74, 6) is 1.50. The molecule has 0 fully saturated rings. The molecular weight excluding hydrogens is 405 g/mol. The van der Waals surface area contributed by atoms with Crippen LogP contribution in [-0.2, 0) is 0 Å². The Morgan fingerprint density at radius 1 is 1.10 bits per heavy atom. The number of fused-ring (bicyclic) bond motifs is 2. The van der Waals surface area contributed by atoms with E-state index in [2.05, 4.69) is 24.1 Å². The largest absolute Gasteiger partial charge is 0.497 e. The number of ether oxygens (including phenoxy) is 1. The lowest BCUT2D eigenvalue weighted by Crippen LogP contribution is -2.27. The second-order valence-electron chi connectivity index (χ2n) is 7.34. The molecule has 0 amide bonds. The van der Waals surface area contributed by atoms with Crippen LogP contribution in [0.5, 0.6) is 5.75 Å². The van der Waals surface area contributed by atoms with E-state index >= 15 is 0 Å².